The van der Waals surface area contributed by atoms with Crippen LogP contribution in [0.1, 0.15) is 19.7 Å². The van der Waals surface area contributed by atoms with Crippen LogP contribution in [-0.2, 0) is 10.9 Å². The van der Waals surface area contributed by atoms with Gasteiger partial charge >= 0.3 is 6.18 Å². The van der Waals surface area contributed by atoms with E-state index >= 15 is 0 Å². The van der Waals surface area contributed by atoms with Gasteiger partial charge in [0, 0.05) is 12.7 Å². The van der Waals surface area contributed by atoms with Crippen LogP contribution in [0.5, 0.6) is 5.88 Å². The molecule has 0 amide bonds. The summed E-state index contributed by atoms with van der Waals surface area (Å²) < 4.78 is 47.5. The summed E-state index contributed by atoms with van der Waals surface area (Å²) in [4.78, 5) is 6.35. The first-order valence-electron chi connectivity index (χ1n) is 5.71. The van der Waals surface area contributed by atoms with E-state index in [9.17, 15) is 13.2 Å². The highest BCUT2D eigenvalue weighted by molar-refractivity contribution is 5.33. The van der Waals surface area contributed by atoms with Crippen molar-refractivity contribution >= 4 is 5.82 Å². The van der Waals surface area contributed by atoms with Gasteiger partial charge in [0.25, 0.3) is 0 Å². The number of alkyl halides is 3. The van der Waals surface area contributed by atoms with Gasteiger partial charge in [-0.3, -0.25) is 0 Å². The van der Waals surface area contributed by atoms with Gasteiger partial charge in [-0.1, -0.05) is 13.8 Å². The Morgan fingerprint density at radius 1 is 1.26 bits per heavy atom. The summed E-state index contributed by atoms with van der Waals surface area (Å²) in [5, 5.41) is 0. The van der Waals surface area contributed by atoms with Crippen molar-refractivity contribution in [1.29, 1.82) is 0 Å². The number of halogens is 3. The standard InChI is InChI=1S/C11H16F3N3O2/c1-7(2)6-18-3-4-19-9-5-8(15)16-10(17-9)11(12,13)14/h5,7H,3-4,6H2,1-2H3,(H2,15,16,17). The number of nitrogen functional groups attached to an aromatic ring is 1. The quantitative estimate of drug-likeness (QED) is 0.808. The molecular formula is C11H16F3N3O2. The van der Waals surface area contributed by atoms with Crippen LogP contribution >= 0.6 is 0 Å². The Hall–Kier alpha value is -1.57. The fourth-order valence-electron chi connectivity index (χ4n) is 1.17. The lowest BCUT2D eigenvalue weighted by molar-refractivity contribution is -0.145. The average molecular weight is 279 g/mol. The predicted octanol–water partition coefficient (Wildman–Crippen LogP) is 2.13. The van der Waals surface area contributed by atoms with Gasteiger partial charge in [-0.05, 0) is 5.92 Å². The largest absolute Gasteiger partial charge is 0.475 e. The summed E-state index contributed by atoms with van der Waals surface area (Å²) >= 11 is 0. The van der Waals surface area contributed by atoms with Gasteiger partial charge in [-0.2, -0.15) is 18.2 Å². The maximum atomic E-state index is 12.4. The van der Waals surface area contributed by atoms with Crippen molar-refractivity contribution in [1.82, 2.24) is 9.97 Å². The molecule has 1 heterocycles. The van der Waals surface area contributed by atoms with E-state index in [-0.39, 0.29) is 24.9 Å². The molecule has 5 nitrogen and oxygen atoms in total. The monoisotopic (exact) mass is 279 g/mol. The molecule has 2 N–H and O–H groups in total. The Labute approximate surface area is 108 Å². The molecule has 0 spiro atoms. The number of aromatic nitrogens is 2. The molecule has 0 saturated carbocycles. The first kappa shape index (κ1) is 15.5. The number of rotatable bonds is 6. The number of nitrogens with zero attached hydrogens (tertiary/aromatic N) is 2. The fourth-order valence-corrected chi connectivity index (χ4v) is 1.17. The molecule has 0 fully saturated rings. The van der Waals surface area contributed by atoms with E-state index in [2.05, 4.69) is 9.97 Å². The van der Waals surface area contributed by atoms with Crippen molar-refractivity contribution in [2.45, 2.75) is 20.0 Å². The minimum atomic E-state index is -4.65. The molecular weight excluding hydrogens is 263 g/mol. The third-order valence-electron chi connectivity index (χ3n) is 1.90. The fraction of sp³-hybridized carbons (Fsp3) is 0.636. The lowest BCUT2D eigenvalue weighted by atomic mass is 10.2. The first-order chi connectivity index (χ1) is 8.79. The zero-order valence-electron chi connectivity index (χ0n) is 10.7. The summed E-state index contributed by atoms with van der Waals surface area (Å²) in [6.07, 6.45) is -4.65. The van der Waals surface area contributed by atoms with Crippen LogP contribution in [-0.4, -0.2) is 29.8 Å². The van der Waals surface area contributed by atoms with Crippen molar-refractivity contribution in [2.24, 2.45) is 5.92 Å². The zero-order chi connectivity index (χ0) is 14.5. The van der Waals surface area contributed by atoms with E-state index in [1.807, 2.05) is 13.8 Å². The van der Waals surface area contributed by atoms with Crippen molar-refractivity contribution < 1.29 is 22.6 Å². The summed E-state index contributed by atoms with van der Waals surface area (Å²) in [6, 6.07) is 1.14. The van der Waals surface area contributed by atoms with Gasteiger partial charge in [0.05, 0.1) is 6.61 Å². The van der Waals surface area contributed by atoms with E-state index in [0.717, 1.165) is 6.07 Å². The number of ether oxygens (including phenoxy) is 2. The van der Waals surface area contributed by atoms with E-state index < -0.39 is 12.0 Å². The molecule has 8 heteroatoms. The molecule has 0 unspecified atom stereocenters. The highest BCUT2D eigenvalue weighted by Crippen LogP contribution is 2.28. The van der Waals surface area contributed by atoms with E-state index in [4.69, 9.17) is 15.2 Å². The van der Waals surface area contributed by atoms with Crippen LogP contribution < -0.4 is 10.5 Å². The van der Waals surface area contributed by atoms with E-state index in [0.29, 0.717) is 12.5 Å². The SMILES string of the molecule is CC(C)COCCOc1cc(N)nc(C(F)(F)F)n1. The van der Waals surface area contributed by atoms with Crippen LogP contribution in [0.3, 0.4) is 0 Å². The molecule has 0 bridgehead atoms. The highest BCUT2D eigenvalue weighted by atomic mass is 19.4. The summed E-state index contributed by atoms with van der Waals surface area (Å²) in [5.41, 5.74) is 5.26. The predicted molar refractivity (Wildman–Crippen MR) is 62.6 cm³/mol. The third-order valence-corrected chi connectivity index (χ3v) is 1.90. The molecule has 1 rings (SSSR count). The normalized spacial score (nSPS) is 11.9. The number of hydrogen-bond donors (Lipinski definition) is 1. The smallest absolute Gasteiger partial charge is 0.451 e. The molecule has 19 heavy (non-hydrogen) atoms. The Morgan fingerprint density at radius 3 is 2.53 bits per heavy atom. The van der Waals surface area contributed by atoms with Crippen molar-refractivity contribution in [2.75, 3.05) is 25.6 Å². The van der Waals surface area contributed by atoms with Crippen LogP contribution in [0.25, 0.3) is 0 Å². The molecule has 1 aromatic rings. The molecule has 1 aromatic heterocycles. The topological polar surface area (TPSA) is 70.3 Å². The van der Waals surface area contributed by atoms with Crippen LogP contribution in [0, 0.1) is 5.92 Å². The molecule has 0 atom stereocenters. The number of anilines is 1. The molecule has 0 aliphatic carbocycles. The Bertz CT molecular complexity index is 411. The maximum absolute atomic E-state index is 12.4. The number of hydrogen-bond acceptors (Lipinski definition) is 5. The minimum absolute atomic E-state index is 0.0977. The summed E-state index contributed by atoms with van der Waals surface area (Å²) in [5.74, 6) is -1.44. The van der Waals surface area contributed by atoms with Crippen molar-refractivity contribution in [3.05, 3.63) is 11.9 Å². The minimum Gasteiger partial charge on any atom is -0.475 e. The summed E-state index contributed by atoms with van der Waals surface area (Å²) in [7, 11) is 0. The van der Waals surface area contributed by atoms with E-state index in [1.54, 1.807) is 0 Å². The van der Waals surface area contributed by atoms with Crippen LogP contribution in [0.15, 0.2) is 6.07 Å². The molecule has 0 radical (unpaired) electrons. The van der Waals surface area contributed by atoms with Crippen molar-refractivity contribution in [3.63, 3.8) is 0 Å². The summed E-state index contributed by atoms with van der Waals surface area (Å²) in [6.45, 7) is 4.90. The second-order valence-corrected chi connectivity index (χ2v) is 4.27. The van der Waals surface area contributed by atoms with Gasteiger partial charge in [0.15, 0.2) is 0 Å². The first-order valence-corrected chi connectivity index (χ1v) is 5.71. The Morgan fingerprint density at radius 2 is 1.95 bits per heavy atom. The Balaban J connectivity index is 2.52. The van der Waals surface area contributed by atoms with Gasteiger partial charge in [0.1, 0.15) is 12.4 Å². The molecule has 0 aliphatic rings. The highest BCUT2D eigenvalue weighted by Gasteiger charge is 2.35. The number of nitrogens with two attached hydrogens (primary N) is 1. The lowest BCUT2D eigenvalue weighted by Gasteiger charge is -2.10. The van der Waals surface area contributed by atoms with Gasteiger partial charge in [0.2, 0.25) is 11.7 Å². The second kappa shape index (κ2) is 6.55. The molecule has 0 saturated heterocycles. The van der Waals surface area contributed by atoms with Crippen LogP contribution in [0.2, 0.25) is 0 Å². The lowest BCUT2D eigenvalue weighted by Crippen LogP contribution is -2.15. The third kappa shape index (κ3) is 5.73. The average Bonchev–Trinajstić information content (AvgIpc) is 2.26. The van der Waals surface area contributed by atoms with Gasteiger partial charge in [-0.25, -0.2) is 4.98 Å². The van der Waals surface area contributed by atoms with Crippen molar-refractivity contribution in [3.8, 4) is 5.88 Å². The van der Waals surface area contributed by atoms with Gasteiger partial charge in [-0.15, -0.1) is 0 Å². The van der Waals surface area contributed by atoms with Gasteiger partial charge < -0.3 is 15.2 Å². The van der Waals surface area contributed by atoms with Crippen LogP contribution in [0.4, 0.5) is 19.0 Å². The molecule has 108 valence electrons. The maximum Gasteiger partial charge on any atom is 0.451 e. The molecule has 0 aromatic carbocycles. The van der Waals surface area contributed by atoms with E-state index in [1.165, 1.54) is 0 Å². The zero-order valence-corrected chi connectivity index (χ0v) is 10.7. The Kier molecular flexibility index (Phi) is 5.34. The molecule has 0 aliphatic heterocycles. The second-order valence-electron chi connectivity index (χ2n) is 4.27.